The van der Waals surface area contributed by atoms with Gasteiger partial charge in [-0.15, -0.1) is 11.3 Å². The van der Waals surface area contributed by atoms with Crippen molar-refractivity contribution in [1.82, 2.24) is 15.6 Å². The van der Waals surface area contributed by atoms with Crippen LogP contribution in [0.4, 0.5) is 0 Å². The highest BCUT2D eigenvalue weighted by Crippen LogP contribution is 2.19. The number of nitrogens with zero attached hydrogens (tertiary/aromatic N) is 1. The van der Waals surface area contributed by atoms with Crippen LogP contribution in [0.2, 0.25) is 0 Å². The van der Waals surface area contributed by atoms with Crippen molar-refractivity contribution in [2.24, 2.45) is 11.8 Å². The highest BCUT2D eigenvalue weighted by molar-refractivity contribution is 7.09. The van der Waals surface area contributed by atoms with Crippen LogP contribution in [0, 0.1) is 18.8 Å². The zero-order chi connectivity index (χ0) is 11.5. The van der Waals surface area contributed by atoms with E-state index in [0.717, 1.165) is 37.2 Å². The number of nitrogens with one attached hydrogen (secondary N) is 2. The van der Waals surface area contributed by atoms with Gasteiger partial charge in [0.15, 0.2) is 0 Å². The van der Waals surface area contributed by atoms with Crippen LogP contribution in [-0.2, 0) is 0 Å². The fraction of sp³-hybridized carbons (Fsp3) is 0.750. The number of aromatic nitrogens is 1. The predicted octanol–water partition coefficient (Wildman–Crippen LogP) is 1.96. The highest BCUT2D eigenvalue weighted by atomic mass is 32.1. The molecule has 0 spiro atoms. The molecule has 0 bridgehead atoms. The van der Waals surface area contributed by atoms with Gasteiger partial charge in [-0.2, -0.15) is 0 Å². The topological polar surface area (TPSA) is 37.0 Å². The van der Waals surface area contributed by atoms with Crippen molar-refractivity contribution in [2.75, 3.05) is 19.6 Å². The first kappa shape index (κ1) is 12.0. The Morgan fingerprint density at radius 1 is 1.62 bits per heavy atom. The maximum absolute atomic E-state index is 4.52. The van der Waals surface area contributed by atoms with Crippen LogP contribution in [0.3, 0.4) is 0 Å². The number of thiazole rings is 1. The van der Waals surface area contributed by atoms with Crippen molar-refractivity contribution >= 4 is 11.3 Å². The van der Waals surface area contributed by atoms with Gasteiger partial charge in [0.25, 0.3) is 0 Å². The summed E-state index contributed by atoms with van der Waals surface area (Å²) in [6, 6.07) is 0.381. The summed E-state index contributed by atoms with van der Waals surface area (Å²) in [5, 5.41) is 10.4. The minimum absolute atomic E-state index is 0.381. The van der Waals surface area contributed by atoms with Gasteiger partial charge in [0.05, 0.1) is 6.04 Å². The molecule has 1 aromatic heterocycles. The summed E-state index contributed by atoms with van der Waals surface area (Å²) in [6.45, 7) is 9.98. The SMILES string of the molecule is Cc1csc(C(C)NC[C@@H]2CNC[C@H]2C)n1. The molecule has 90 valence electrons. The molecule has 4 heteroatoms. The first-order valence-corrected chi connectivity index (χ1v) is 6.91. The molecule has 0 aliphatic carbocycles. The Kier molecular flexibility index (Phi) is 3.95. The Bertz CT molecular complexity index is 337. The lowest BCUT2D eigenvalue weighted by molar-refractivity contribution is 0.398. The summed E-state index contributed by atoms with van der Waals surface area (Å²) in [7, 11) is 0. The minimum atomic E-state index is 0.381. The smallest absolute Gasteiger partial charge is 0.110 e. The van der Waals surface area contributed by atoms with Gasteiger partial charge in [-0.25, -0.2) is 4.98 Å². The first-order chi connectivity index (χ1) is 7.66. The van der Waals surface area contributed by atoms with Crippen molar-refractivity contribution in [1.29, 1.82) is 0 Å². The Balaban J connectivity index is 1.81. The van der Waals surface area contributed by atoms with E-state index in [9.17, 15) is 0 Å². The van der Waals surface area contributed by atoms with Crippen molar-refractivity contribution in [3.05, 3.63) is 16.1 Å². The molecule has 2 rings (SSSR count). The summed E-state index contributed by atoms with van der Waals surface area (Å²) in [5.41, 5.74) is 1.13. The van der Waals surface area contributed by atoms with E-state index < -0.39 is 0 Å². The Labute approximate surface area is 102 Å². The zero-order valence-electron chi connectivity index (χ0n) is 10.3. The van der Waals surface area contributed by atoms with Gasteiger partial charge in [0.1, 0.15) is 5.01 Å². The monoisotopic (exact) mass is 239 g/mol. The van der Waals surface area contributed by atoms with E-state index in [0.29, 0.717) is 6.04 Å². The van der Waals surface area contributed by atoms with Gasteiger partial charge >= 0.3 is 0 Å². The third-order valence-corrected chi connectivity index (χ3v) is 4.52. The van der Waals surface area contributed by atoms with E-state index in [4.69, 9.17) is 0 Å². The standard InChI is InChI=1S/C12H21N3S/c1-8-4-13-5-11(8)6-14-10(3)12-15-9(2)7-16-12/h7-8,10-11,13-14H,4-6H2,1-3H3/t8-,10?,11+/m1/s1. The molecule has 2 N–H and O–H groups in total. The highest BCUT2D eigenvalue weighted by Gasteiger charge is 2.23. The lowest BCUT2D eigenvalue weighted by atomic mass is 9.98. The van der Waals surface area contributed by atoms with Crippen LogP contribution in [0.25, 0.3) is 0 Å². The molecule has 0 saturated carbocycles. The van der Waals surface area contributed by atoms with Crippen LogP contribution in [0.15, 0.2) is 5.38 Å². The second kappa shape index (κ2) is 5.25. The molecule has 0 radical (unpaired) electrons. The average molecular weight is 239 g/mol. The van der Waals surface area contributed by atoms with Gasteiger partial charge in [-0.05, 0) is 38.8 Å². The summed E-state index contributed by atoms with van der Waals surface area (Å²) in [6.07, 6.45) is 0. The molecular formula is C12H21N3S. The third kappa shape index (κ3) is 2.81. The van der Waals surface area contributed by atoms with E-state index in [1.54, 1.807) is 11.3 Å². The maximum atomic E-state index is 4.52. The normalized spacial score (nSPS) is 27.2. The molecule has 0 aromatic carbocycles. The maximum Gasteiger partial charge on any atom is 0.110 e. The molecule has 3 atom stereocenters. The number of hydrogen-bond acceptors (Lipinski definition) is 4. The van der Waals surface area contributed by atoms with E-state index in [1.165, 1.54) is 5.01 Å². The molecule has 1 aliphatic heterocycles. The van der Waals surface area contributed by atoms with Crippen LogP contribution >= 0.6 is 11.3 Å². The largest absolute Gasteiger partial charge is 0.316 e. The van der Waals surface area contributed by atoms with Gasteiger partial charge in [-0.3, -0.25) is 0 Å². The Hall–Kier alpha value is -0.450. The molecule has 0 amide bonds. The van der Waals surface area contributed by atoms with Gasteiger partial charge in [0, 0.05) is 17.6 Å². The van der Waals surface area contributed by atoms with Gasteiger partial charge in [-0.1, -0.05) is 6.92 Å². The molecular weight excluding hydrogens is 218 g/mol. The van der Waals surface area contributed by atoms with Crippen molar-refractivity contribution in [3.63, 3.8) is 0 Å². The summed E-state index contributed by atoms with van der Waals surface area (Å²) in [5.74, 6) is 1.56. The van der Waals surface area contributed by atoms with Crippen LogP contribution in [0.5, 0.6) is 0 Å². The van der Waals surface area contributed by atoms with E-state index in [-0.39, 0.29) is 0 Å². The van der Waals surface area contributed by atoms with E-state index in [1.807, 2.05) is 0 Å². The zero-order valence-corrected chi connectivity index (χ0v) is 11.1. The van der Waals surface area contributed by atoms with Crippen molar-refractivity contribution in [3.8, 4) is 0 Å². The van der Waals surface area contributed by atoms with Gasteiger partial charge in [0.2, 0.25) is 0 Å². The molecule has 16 heavy (non-hydrogen) atoms. The number of hydrogen-bond donors (Lipinski definition) is 2. The Morgan fingerprint density at radius 3 is 3.00 bits per heavy atom. The summed E-state index contributed by atoms with van der Waals surface area (Å²) >= 11 is 1.75. The Morgan fingerprint density at radius 2 is 2.44 bits per heavy atom. The average Bonchev–Trinajstić information content (AvgIpc) is 2.84. The van der Waals surface area contributed by atoms with Crippen LogP contribution < -0.4 is 10.6 Å². The molecule has 1 unspecified atom stereocenters. The van der Waals surface area contributed by atoms with Gasteiger partial charge < -0.3 is 10.6 Å². The first-order valence-electron chi connectivity index (χ1n) is 6.03. The summed E-state index contributed by atoms with van der Waals surface area (Å²) < 4.78 is 0. The van der Waals surface area contributed by atoms with Crippen LogP contribution in [0.1, 0.15) is 30.6 Å². The molecule has 1 aliphatic rings. The van der Waals surface area contributed by atoms with Crippen molar-refractivity contribution in [2.45, 2.75) is 26.8 Å². The quantitative estimate of drug-likeness (QED) is 0.843. The van der Waals surface area contributed by atoms with E-state index >= 15 is 0 Å². The summed E-state index contributed by atoms with van der Waals surface area (Å²) in [4.78, 5) is 4.52. The number of rotatable bonds is 4. The molecule has 2 heterocycles. The molecule has 1 saturated heterocycles. The lowest BCUT2D eigenvalue weighted by Gasteiger charge is -2.18. The van der Waals surface area contributed by atoms with E-state index in [2.05, 4.69) is 41.8 Å². The van der Waals surface area contributed by atoms with Crippen LogP contribution in [-0.4, -0.2) is 24.6 Å². The minimum Gasteiger partial charge on any atom is -0.316 e. The fourth-order valence-corrected chi connectivity index (χ4v) is 2.95. The molecule has 1 aromatic rings. The molecule has 1 fully saturated rings. The fourth-order valence-electron chi connectivity index (χ4n) is 2.12. The lowest BCUT2D eigenvalue weighted by Crippen LogP contribution is -2.29. The second-order valence-electron chi connectivity index (χ2n) is 4.85. The second-order valence-corrected chi connectivity index (χ2v) is 5.74. The van der Waals surface area contributed by atoms with Crippen molar-refractivity contribution < 1.29 is 0 Å². The number of aryl methyl sites for hydroxylation is 1. The predicted molar refractivity (Wildman–Crippen MR) is 68.8 cm³/mol. The molecule has 3 nitrogen and oxygen atoms in total. The third-order valence-electron chi connectivity index (χ3n) is 3.37.